The molecule has 0 unspecified atom stereocenters. The van der Waals surface area contributed by atoms with E-state index in [9.17, 15) is 4.79 Å². The summed E-state index contributed by atoms with van der Waals surface area (Å²) in [5.74, 6) is 0.521. The number of aromatic nitrogens is 4. The van der Waals surface area contributed by atoms with Crippen LogP contribution in [-0.2, 0) is 4.79 Å². The molecule has 8 nitrogen and oxygen atoms in total. The van der Waals surface area contributed by atoms with Gasteiger partial charge in [0.1, 0.15) is 0 Å². The van der Waals surface area contributed by atoms with Gasteiger partial charge >= 0.3 is 0 Å². The molecule has 138 valence electrons. The molecular weight excluding hydrogens is 356 g/mol. The number of nitrogens with zero attached hydrogens (tertiary/aromatic N) is 4. The minimum atomic E-state index is -0.180. The van der Waals surface area contributed by atoms with Gasteiger partial charge in [0.05, 0.1) is 17.6 Å². The Morgan fingerprint density at radius 1 is 1.00 bits per heavy atom. The molecule has 0 aliphatic rings. The van der Waals surface area contributed by atoms with Crippen molar-refractivity contribution in [1.82, 2.24) is 20.2 Å². The fourth-order valence-corrected chi connectivity index (χ4v) is 2.71. The van der Waals surface area contributed by atoms with Crippen molar-refractivity contribution in [1.29, 1.82) is 0 Å². The number of benzene rings is 2. The van der Waals surface area contributed by atoms with Gasteiger partial charge in [0.2, 0.25) is 11.8 Å². The zero-order valence-electron chi connectivity index (χ0n) is 15.0. The van der Waals surface area contributed by atoms with Gasteiger partial charge in [-0.3, -0.25) is 4.79 Å². The molecule has 0 saturated heterocycles. The summed E-state index contributed by atoms with van der Waals surface area (Å²) in [5.41, 5.74) is 8.91. The standard InChI is InChI=1S/C20H16N6O2/c1-12(27)23-15-10-6-5-9-14(15)16-11-22-18(21)17(24-16)20-26-25-19(28-20)13-7-3-2-4-8-13/h2-11H,1H3,(H2,21,22)(H,23,27). The third kappa shape index (κ3) is 3.43. The number of carbonyl (C=O) groups excluding carboxylic acids is 1. The number of amides is 1. The maximum absolute atomic E-state index is 11.5. The van der Waals surface area contributed by atoms with Crippen LogP contribution in [0.1, 0.15) is 6.92 Å². The van der Waals surface area contributed by atoms with E-state index < -0.39 is 0 Å². The topological polar surface area (TPSA) is 120 Å². The molecule has 1 amide bonds. The van der Waals surface area contributed by atoms with Crippen LogP contribution in [0, 0.1) is 0 Å². The van der Waals surface area contributed by atoms with E-state index in [1.54, 1.807) is 6.07 Å². The Hall–Kier alpha value is -4.07. The van der Waals surface area contributed by atoms with Crippen molar-refractivity contribution < 1.29 is 9.21 Å². The van der Waals surface area contributed by atoms with Gasteiger partial charge in [0, 0.05) is 18.1 Å². The van der Waals surface area contributed by atoms with E-state index in [0.29, 0.717) is 22.8 Å². The van der Waals surface area contributed by atoms with E-state index in [0.717, 1.165) is 5.56 Å². The molecule has 28 heavy (non-hydrogen) atoms. The average Bonchev–Trinajstić information content (AvgIpc) is 3.19. The molecule has 0 spiro atoms. The zero-order valence-corrected chi connectivity index (χ0v) is 15.0. The van der Waals surface area contributed by atoms with Crippen LogP contribution in [0.4, 0.5) is 11.5 Å². The molecule has 0 fully saturated rings. The second-order valence-corrected chi connectivity index (χ2v) is 5.99. The highest BCUT2D eigenvalue weighted by atomic mass is 16.4. The first kappa shape index (κ1) is 17.3. The van der Waals surface area contributed by atoms with Crippen molar-refractivity contribution >= 4 is 17.4 Å². The molecule has 8 heteroatoms. The van der Waals surface area contributed by atoms with Crippen molar-refractivity contribution in [2.24, 2.45) is 0 Å². The first-order chi connectivity index (χ1) is 13.6. The van der Waals surface area contributed by atoms with Crippen molar-refractivity contribution in [2.75, 3.05) is 11.1 Å². The van der Waals surface area contributed by atoms with Crippen LogP contribution in [0.5, 0.6) is 0 Å². The molecule has 0 aliphatic heterocycles. The van der Waals surface area contributed by atoms with Gasteiger partial charge in [-0.25, -0.2) is 9.97 Å². The Morgan fingerprint density at radius 3 is 2.50 bits per heavy atom. The van der Waals surface area contributed by atoms with Crippen LogP contribution in [0.15, 0.2) is 65.2 Å². The predicted molar refractivity (Wildman–Crippen MR) is 105 cm³/mol. The van der Waals surface area contributed by atoms with E-state index >= 15 is 0 Å². The SMILES string of the molecule is CC(=O)Nc1ccccc1-c1cnc(N)c(-c2nnc(-c3ccccc3)o2)n1. The number of nitrogen functional groups attached to an aromatic ring is 1. The van der Waals surface area contributed by atoms with Gasteiger partial charge in [-0.05, 0) is 18.2 Å². The van der Waals surface area contributed by atoms with Crippen LogP contribution in [-0.4, -0.2) is 26.1 Å². The second-order valence-electron chi connectivity index (χ2n) is 5.99. The van der Waals surface area contributed by atoms with E-state index in [1.807, 2.05) is 48.5 Å². The molecule has 0 bridgehead atoms. The van der Waals surface area contributed by atoms with Gasteiger partial charge in [-0.15, -0.1) is 10.2 Å². The smallest absolute Gasteiger partial charge is 0.270 e. The Morgan fingerprint density at radius 2 is 1.71 bits per heavy atom. The molecule has 0 atom stereocenters. The summed E-state index contributed by atoms with van der Waals surface area (Å²) in [6, 6.07) is 16.7. The van der Waals surface area contributed by atoms with Crippen LogP contribution in [0.3, 0.4) is 0 Å². The number of nitrogens with two attached hydrogens (primary N) is 1. The number of rotatable bonds is 4. The highest BCUT2D eigenvalue weighted by Gasteiger charge is 2.17. The summed E-state index contributed by atoms with van der Waals surface area (Å²) < 4.78 is 5.75. The molecule has 2 heterocycles. The predicted octanol–water partition coefficient (Wildman–Crippen LogP) is 3.40. The summed E-state index contributed by atoms with van der Waals surface area (Å²) in [5, 5.41) is 10.9. The van der Waals surface area contributed by atoms with Crippen LogP contribution < -0.4 is 11.1 Å². The molecule has 4 rings (SSSR count). The Bertz CT molecular complexity index is 1140. The third-order valence-electron chi connectivity index (χ3n) is 3.96. The van der Waals surface area contributed by atoms with Crippen molar-refractivity contribution in [2.45, 2.75) is 6.92 Å². The fraction of sp³-hybridized carbons (Fsp3) is 0.0500. The minimum Gasteiger partial charge on any atom is -0.414 e. The second kappa shape index (κ2) is 7.28. The minimum absolute atomic E-state index is 0.169. The number of anilines is 2. The van der Waals surface area contributed by atoms with Crippen LogP contribution >= 0.6 is 0 Å². The van der Waals surface area contributed by atoms with Crippen LogP contribution in [0.2, 0.25) is 0 Å². The van der Waals surface area contributed by atoms with Gasteiger partial charge in [0.25, 0.3) is 5.89 Å². The Labute approximate surface area is 160 Å². The van der Waals surface area contributed by atoms with Gasteiger partial charge in [0.15, 0.2) is 11.5 Å². The number of nitrogens with one attached hydrogen (secondary N) is 1. The van der Waals surface area contributed by atoms with Crippen molar-refractivity contribution in [3.8, 4) is 34.3 Å². The monoisotopic (exact) mass is 372 g/mol. The number of carbonyl (C=O) groups is 1. The van der Waals surface area contributed by atoms with E-state index in [1.165, 1.54) is 13.1 Å². The summed E-state index contributed by atoms with van der Waals surface area (Å²) in [7, 11) is 0. The summed E-state index contributed by atoms with van der Waals surface area (Å²) in [4.78, 5) is 20.2. The molecule has 0 aliphatic carbocycles. The molecule has 4 aromatic rings. The normalized spacial score (nSPS) is 10.6. The first-order valence-electron chi connectivity index (χ1n) is 8.50. The lowest BCUT2D eigenvalue weighted by molar-refractivity contribution is -0.114. The lowest BCUT2D eigenvalue weighted by Gasteiger charge is -2.10. The third-order valence-corrected chi connectivity index (χ3v) is 3.96. The lowest BCUT2D eigenvalue weighted by Crippen LogP contribution is -2.07. The van der Waals surface area contributed by atoms with Crippen molar-refractivity contribution in [3.05, 3.63) is 60.8 Å². The summed E-state index contributed by atoms with van der Waals surface area (Å²) in [6.45, 7) is 1.44. The maximum atomic E-state index is 11.5. The van der Waals surface area contributed by atoms with E-state index in [-0.39, 0.29) is 23.3 Å². The molecule has 0 radical (unpaired) electrons. The van der Waals surface area contributed by atoms with Crippen molar-refractivity contribution in [3.63, 3.8) is 0 Å². The van der Waals surface area contributed by atoms with Gasteiger partial charge < -0.3 is 15.5 Å². The highest BCUT2D eigenvalue weighted by molar-refractivity contribution is 5.93. The number of para-hydroxylation sites is 1. The number of hydrogen-bond donors (Lipinski definition) is 2. The molecule has 2 aromatic carbocycles. The average molecular weight is 372 g/mol. The van der Waals surface area contributed by atoms with E-state index in [4.69, 9.17) is 10.2 Å². The Kier molecular flexibility index (Phi) is 4.51. The fourth-order valence-electron chi connectivity index (χ4n) is 2.71. The largest absolute Gasteiger partial charge is 0.414 e. The number of hydrogen-bond acceptors (Lipinski definition) is 7. The maximum Gasteiger partial charge on any atom is 0.270 e. The molecule has 0 saturated carbocycles. The van der Waals surface area contributed by atoms with Gasteiger partial charge in [-0.2, -0.15) is 0 Å². The van der Waals surface area contributed by atoms with Crippen LogP contribution in [0.25, 0.3) is 34.3 Å². The Balaban J connectivity index is 1.75. The molecular formula is C20H16N6O2. The summed E-state index contributed by atoms with van der Waals surface area (Å²) in [6.07, 6.45) is 1.54. The molecule has 2 aromatic heterocycles. The zero-order chi connectivity index (χ0) is 19.5. The van der Waals surface area contributed by atoms with E-state index in [2.05, 4.69) is 25.5 Å². The van der Waals surface area contributed by atoms with Gasteiger partial charge in [-0.1, -0.05) is 36.4 Å². The summed E-state index contributed by atoms with van der Waals surface area (Å²) >= 11 is 0. The quantitative estimate of drug-likeness (QED) is 0.563. The lowest BCUT2D eigenvalue weighted by atomic mass is 10.1. The molecule has 3 N–H and O–H groups in total. The highest BCUT2D eigenvalue weighted by Crippen LogP contribution is 2.30. The first-order valence-corrected chi connectivity index (χ1v) is 8.50.